The molecule has 1 aliphatic heterocycles. The molecule has 0 saturated carbocycles. The number of aromatic nitrogens is 2. The first-order chi connectivity index (χ1) is 10.6. The third kappa shape index (κ3) is 3.23. The van der Waals surface area contributed by atoms with Gasteiger partial charge >= 0.3 is 0 Å². The van der Waals surface area contributed by atoms with Crippen molar-refractivity contribution in [3.05, 3.63) is 35.1 Å². The molecule has 0 unspecified atom stereocenters. The summed E-state index contributed by atoms with van der Waals surface area (Å²) in [5.74, 6) is 0.543. The zero-order valence-corrected chi connectivity index (χ0v) is 13.7. The summed E-state index contributed by atoms with van der Waals surface area (Å²) in [6, 6.07) is 3.89. The summed E-state index contributed by atoms with van der Waals surface area (Å²) < 4.78 is 7.58. The van der Waals surface area contributed by atoms with Crippen LogP contribution in [0.4, 0.5) is 0 Å². The highest BCUT2D eigenvalue weighted by molar-refractivity contribution is 7.16. The molecule has 118 valence electrons. The predicted octanol–water partition coefficient (Wildman–Crippen LogP) is 2.79. The average molecular weight is 319 g/mol. The predicted molar refractivity (Wildman–Crippen MR) is 86.6 cm³/mol. The minimum atomic E-state index is -0.0425. The van der Waals surface area contributed by atoms with E-state index in [0.717, 1.165) is 30.3 Å². The van der Waals surface area contributed by atoms with Gasteiger partial charge in [0.05, 0.1) is 11.8 Å². The quantitative estimate of drug-likeness (QED) is 0.922. The lowest BCUT2D eigenvalue weighted by atomic mass is 10.0. The van der Waals surface area contributed by atoms with E-state index in [1.807, 2.05) is 36.0 Å². The number of carbonyl (C=O) groups is 1. The van der Waals surface area contributed by atoms with Crippen LogP contribution in [0.5, 0.6) is 0 Å². The number of carbonyl (C=O) groups excluding carboxylic acids is 1. The lowest BCUT2D eigenvalue weighted by molar-refractivity contribution is 0.0827. The van der Waals surface area contributed by atoms with E-state index in [2.05, 4.69) is 17.2 Å². The lowest BCUT2D eigenvalue weighted by Gasteiger charge is -2.14. The molecule has 2 atom stereocenters. The molecular formula is C16H21N3O2S. The van der Waals surface area contributed by atoms with Crippen LogP contribution < -0.4 is 5.32 Å². The number of rotatable bonds is 5. The normalized spacial score (nSPS) is 21.2. The van der Waals surface area contributed by atoms with E-state index >= 15 is 0 Å². The number of nitrogens with one attached hydrogen (secondary N) is 1. The van der Waals surface area contributed by atoms with E-state index in [4.69, 9.17) is 4.74 Å². The largest absolute Gasteiger partial charge is 0.378 e. The summed E-state index contributed by atoms with van der Waals surface area (Å²) >= 11 is 1.42. The van der Waals surface area contributed by atoms with Crippen molar-refractivity contribution in [2.24, 2.45) is 5.92 Å². The molecule has 3 heterocycles. The van der Waals surface area contributed by atoms with E-state index in [9.17, 15) is 4.79 Å². The van der Waals surface area contributed by atoms with Crippen molar-refractivity contribution in [2.75, 3.05) is 13.2 Å². The van der Waals surface area contributed by atoms with Crippen molar-refractivity contribution < 1.29 is 9.53 Å². The van der Waals surface area contributed by atoms with Crippen molar-refractivity contribution in [3.63, 3.8) is 0 Å². The van der Waals surface area contributed by atoms with Gasteiger partial charge in [-0.15, -0.1) is 0 Å². The third-order valence-corrected chi connectivity index (χ3v) is 5.24. The van der Waals surface area contributed by atoms with Gasteiger partial charge in [-0.05, 0) is 37.8 Å². The highest BCUT2D eigenvalue weighted by Crippen LogP contribution is 2.23. The number of hydrogen-bond acceptors (Lipinski definition) is 4. The van der Waals surface area contributed by atoms with Crippen molar-refractivity contribution in [1.82, 2.24) is 14.9 Å². The van der Waals surface area contributed by atoms with Gasteiger partial charge in [-0.1, -0.05) is 18.3 Å². The highest BCUT2D eigenvalue weighted by Gasteiger charge is 2.24. The Labute approximate surface area is 134 Å². The van der Waals surface area contributed by atoms with Crippen LogP contribution in [0.3, 0.4) is 0 Å². The molecule has 22 heavy (non-hydrogen) atoms. The second-order valence-corrected chi connectivity index (χ2v) is 6.70. The summed E-state index contributed by atoms with van der Waals surface area (Å²) in [7, 11) is 0. The number of ether oxygens (including phenoxy) is 1. The summed E-state index contributed by atoms with van der Waals surface area (Å²) in [6.45, 7) is 5.56. The Bertz CT molecular complexity index is 636. The van der Waals surface area contributed by atoms with E-state index < -0.39 is 0 Å². The number of aryl methyl sites for hydroxylation is 1. The van der Waals surface area contributed by atoms with Gasteiger partial charge in [0.2, 0.25) is 0 Å². The fraction of sp³-hybridized carbons (Fsp3) is 0.500. The Hall–Kier alpha value is -1.66. The topological polar surface area (TPSA) is 56.2 Å². The molecule has 0 aromatic carbocycles. The van der Waals surface area contributed by atoms with Gasteiger partial charge in [0.1, 0.15) is 4.88 Å². The number of hydrogen-bond donors (Lipinski definition) is 1. The minimum Gasteiger partial charge on any atom is -0.378 e. The van der Waals surface area contributed by atoms with Gasteiger partial charge in [-0.2, -0.15) is 0 Å². The van der Waals surface area contributed by atoms with Crippen LogP contribution in [0.1, 0.15) is 35.1 Å². The van der Waals surface area contributed by atoms with Gasteiger partial charge in [0.25, 0.3) is 5.91 Å². The smallest absolute Gasteiger partial charge is 0.263 e. The Morgan fingerprint density at radius 3 is 2.95 bits per heavy atom. The van der Waals surface area contributed by atoms with Crippen LogP contribution in [-0.2, 0) is 4.74 Å². The standard InChI is InChI=1S/C16H21N3O2S/c1-11-6-10-21-13(11)5-7-17-15(20)14-12(2)18-16(22-14)19-8-3-4-9-19/h3-4,8-9,11,13H,5-7,10H2,1-2H3,(H,17,20)/t11-,13-/m1/s1. The second-order valence-electron chi connectivity index (χ2n) is 5.72. The average Bonchev–Trinajstić information content (AvgIpc) is 3.20. The van der Waals surface area contributed by atoms with Gasteiger partial charge in [0.15, 0.2) is 5.13 Å². The molecule has 1 fully saturated rings. The first-order valence-electron chi connectivity index (χ1n) is 7.65. The summed E-state index contributed by atoms with van der Waals surface area (Å²) in [6.07, 6.45) is 6.12. The third-order valence-electron chi connectivity index (χ3n) is 4.07. The molecule has 1 amide bonds. The van der Waals surface area contributed by atoms with Gasteiger partial charge in [-0.3, -0.25) is 4.79 Å². The van der Waals surface area contributed by atoms with Crippen molar-refractivity contribution in [3.8, 4) is 5.13 Å². The Kier molecular flexibility index (Phi) is 4.59. The van der Waals surface area contributed by atoms with Crippen LogP contribution >= 0.6 is 11.3 Å². The van der Waals surface area contributed by atoms with Crippen LogP contribution in [0.2, 0.25) is 0 Å². The van der Waals surface area contributed by atoms with E-state index in [-0.39, 0.29) is 12.0 Å². The SMILES string of the molecule is Cc1nc(-n2cccc2)sc1C(=O)NCC[C@H]1OCC[C@H]1C. The second kappa shape index (κ2) is 6.62. The van der Waals surface area contributed by atoms with Gasteiger partial charge in [-0.25, -0.2) is 4.98 Å². The molecular weight excluding hydrogens is 298 g/mol. The van der Waals surface area contributed by atoms with E-state index in [1.54, 1.807) is 0 Å². The molecule has 2 aromatic rings. The Morgan fingerprint density at radius 1 is 1.50 bits per heavy atom. The first-order valence-corrected chi connectivity index (χ1v) is 8.47. The number of nitrogens with zero attached hydrogens (tertiary/aromatic N) is 2. The lowest BCUT2D eigenvalue weighted by Crippen LogP contribution is -2.28. The number of thiazole rings is 1. The molecule has 0 radical (unpaired) electrons. The fourth-order valence-corrected chi connectivity index (χ4v) is 3.65. The Balaban J connectivity index is 1.58. The maximum Gasteiger partial charge on any atom is 0.263 e. The zero-order chi connectivity index (χ0) is 15.5. The van der Waals surface area contributed by atoms with Crippen LogP contribution in [0.25, 0.3) is 5.13 Å². The van der Waals surface area contributed by atoms with Gasteiger partial charge < -0.3 is 14.6 Å². The molecule has 5 nitrogen and oxygen atoms in total. The van der Waals surface area contributed by atoms with E-state index in [1.165, 1.54) is 11.3 Å². The molecule has 1 N–H and O–H groups in total. The molecule has 0 aliphatic carbocycles. The monoisotopic (exact) mass is 319 g/mol. The van der Waals surface area contributed by atoms with Crippen LogP contribution in [0.15, 0.2) is 24.5 Å². The number of amides is 1. The molecule has 1 aliphatic rings. The van der Waals surface area contributed by atoms with Crippen LogP contribution in [0, 0.1) is 12.8 Å². The maximum atomic E-state index is 12.3. The zero-order valence-electron chi connectivity index (χ0n) is 12.9. The minimum absolute atomic E-state index is 0.0425. The molecule has 6 heteroatoms. The van der Waals surface area contributed by atoms with Crippen LogP contribution in [-0.4, -0.2) is 34.7 Å². The molecule has 3 rings (SSSR count). The fourth-order valence-electron chi connectivity index (χ4n) is 2.70. The Morgan fingerprint density at radius 2 is 2.27 bits per heavy atom. The summed E-state index contributed by atoms with van der Waals surface area (Å²) in [5, 5.41) is 3.81. The molecule has 0 bridgehead atoms. The highest BCUT2D eigenvalue weighted by atomic mass is 32.1. The summed E-state index contributed by atoms with van der Waals surface area (Å²) in [4.78, 5) is 17.5. The molecule has 1 saturated heterocycles. The maximum absolute atomic E-state index is 12.3. The van der Waals surface area contributed by atoms with Crippen molar-refractivity contribution in [2.45, 2.75) is 32.8 Å². The van der Waals surface area contributed by atoms with Crippen molar-refractivity contribution >= 4 is 17.2 Å². The van der Waals surface area contributed by atoms with Crippen molar-refractivity contribution in [1.29, 1.82) is 0 Å². The summed E-state index contributed by atoms with van der Waals surface area (Å²) in [5.41, 5.74) is 0.775. The van der Waals surface area contributed by atoms with Gasteiger partial charge in [0, 0.05) is 25.5 Å². The van der Waals surface area contributed by atoms with E-state index in [0.29, 0.717) is 17.3 Å². The molecule has 2 aromatic heterocycles. The molecule has 0 spiro atoms. The first kappa shape index (κ1) is 15.2.